The van der Waals surface area contributed by atoms with Crippen LogP contribution in [0.4, 0.5) is 0 Å². The summed E-state index contributed by atoms with van der Waals surface area (Å²) >= 11 is 0. The Kier molecular flexibility index (Phi) is 6.55. The lowest BCUT2D eigenvalue weighted by atomic mass is 9.92. The fourth-order valence-electron chi connectivity index (χ4n) is 1.65. The number of rotatable bonds is 7. The summed E-state index contributed by atoms with van der Waals surface area (Å²) in [4.78, 5) is 2.35. The molecule has 2 N–H and O–H groups in total. The third kappa shape index (κ3) is 6.48. The van der Waals surface area contributed by atoms with E-state index in [2.05, 4.69) is 31.7 Å². The Hall–Kier alpha value is -0.590. The lowest BCUT2D eigenvalue weighted by molar-refractivity contribution is 0.173. The van der Waals surface area contributed by atoms with Crippen LogP contribution >= 0.6 is 0 Å². The highest BCUT2D eigenvalue weighted by Crippen LogP contribution is 2.16. The van der Waals surface area contributed by atoms with E-state index in [1.54, 1.807) is 0 Å². The molecule has 0 heterocycles. The maximum absolute atomic E-state index is 8.81. The standard InChI is InChI=1S/C12H25N3/c1-5-6-15(8-11(2)7-13)10-12(3,4)9-14/h11H,5-6,8-10,14H2,1-4H3. The van der Waals surface area contributed by atoms with E-state index in [0.29, 0.717) is 6.54 Å². The minimum absolute atomic E-state index is 0.102. The molecule has 0 rings (SSSR count). The van der Waals surface area contributed by atoms with E-state index in [-0.39, 0.29) is 11.3 Å². The summed E-state index contributed by atoms with van der Waals surface area (Å²) in [5.41, 5.74) is 5.87. The van der Waals surface area contributed by atoms with Gasteiger partial charge in [-0.25, -0.2) is 0 Å². The van der Waals surface area contributed by atoms with E-state index in [1.165, 1.54) is 0 Å². The van der Waals surface area contributed by atoms with E-state index in [0.717, 1.165) is 26.1 Å². The summed E-state index contributed by atoms with van der Waals surface area (Å²) in [6.45, 7) is 12.1. The van der Waals surface area contributed by atoms with Gasteiger partial charge in [0.2, 0.25) is 0 Å². The molecular weight excluding hydrogens is 186 g/mol. The second-order valence-corrected chi connectivity index (χ2v) is 5.13. The van der Waals surface area contributed by atoms with Gasteiger partial charge in [0, 0.05) is 13.1 Å². The second-order valence-electron chi connectivity index (χ2n) is 5.13. The van der Waals surface area contributed by atoms with Crippen molar-refractivity contribution in [2.45, 2.75) is 34.1 Å². The van der Waals surface area contributed by atoms with Gasteiger partial charge in [-0.05, 0) is 31.8 Å². The van der Waals surface area contributed by atoms with Gasteiger partial charge in [0.15, 0.2) is 0 Å². The predicted octanol–water partition coefficient (Wildman–Crippen LogP) is 1.84. The fraction of sp³-hybridized carbons (Fsp3) is 0.917. The van der Waals surface area contributed by atoms with Gasteiger partial charge in [-0.15, -0.1) is 0 Å². The summed E-state index contributed by atoms with van der Waals surface area (Å²) in [6, 6.07) is 2.28. The predicted molar refractivity (Wildman–Crippen MR) is 64.3 cm³/mol. The van der Waals surface area contributed by atoms with Crippen LogP contribution in [0.15, 0.2) is 0 Å². The van der Waals surface area contributed by atoms with Crippen molar-refractivity contribution in [1.82, 2.24) is 4.90 Å². The summed E-state index contributed by atoms with van der Waals surface area (Å²) in [7, 11) is 0. The highest BCUT2D eigenvalue weighted by atomic mass is 15.1. The SMILES string of the molecule is CCCN(CC(C)C#N)CC(C)(C)CN. The summed E-state index contributed by atoms with van der Waals surface area (Å²) in [6.07, 6.45) is 1.12. The van der Waals surface area contributed by atoms with Gasteiger partial charge in [0.1, 0.15) is 0 Å². The molecule has 15 heavy (non-hydrogen) atoms. The Morgan fingerprint density at radius 3 is 2.47 bits per heavy atom. The summed E-state index contributed by atoms with van der Waals surface area (Å²) < 4.78 is 0. The number of nitrogens with zero attached hydrogens (tertiary/aromatic N) is 2. The zero-order valence-electron chi connectivity index (χ0n) is 10.6. The van der Waals surface area contributed by atoms with Crippen molar-refractivity contribution in [1.29, 1.82) is 5.26 Å². The third-order valence-electron chi connectivity index (χ3n) is 2.50. The maximum atomic E-state index is 8.81. The number of nitriles is 1. The molecular formula is C12H25N3. The first-order valence-corrected chi connectivity index (χ1v) is 5.77. The largest absolute Gasteiger partial charge is 0.330 e. The first kappa shape index (κ1) is 14.4. The van der Waals surface area contributed by atoms with E-state index < -0.39 is 0 Å². The molecule has 0 fully saturated rings. The van der Waals surface area contributed by atoms with Crippen LogP contribution in [0.2, 0.25) is 0 Å². The minimum atomic E-state index is 0.102. The molecule has 1 unspecified atom stereocenters. The molecule has 0 amide bonds. The second kappa shape index (κ2) is 6.81. The zero-order valence-corrected chi connectivity index (χ0v) is 10.6. The smallest absolute Gasteiger partial charge is 0.0666 e. The monoisotopic (exact) mass is 211 g/mol. The van der Waals surface area contributed by atoms with Crippen molar-refractivity contribution in [2.24, 2.45) is 17.1 Å². The molecule has 0 radical (unpaired) electrons. The van der Waals surface area contributed by atoms with Gasteiger partial charge in [0.25, 0.3) is 0 Å². The number of nitrogens with two attached hydrogens (primary N) is 1. The van der Waals surface area contributed by atoms with E-state index >= 15 is 0 Å². The molecule has 0 saturated heterocycles. The first-order chi connectivity index (χ1) is 6.95. The van der Waals surface area contributed by atoms with Gasteiger partial charge in [-0.3, -0.25) is 0 Å². The molecule has 88 valence electrons. The van der Waals surface area contributed by atoms with Crippen LogP contribution in [0.25, 0.3) is 0 Å². The first-order valence-electron chi connectivity index (χ1n) is 5.77. The normalized spacial score (nSPS) is 13.9. The number of hydrogen-bond acceptors (Lipinski definition) is 3. The van der Waals surface area contributed by atoms with Crippen LogP contribution in [0.5, 0.6) is 0 Å². The van der Waals surface area contributed by atoms with Crippen LogP contribution in [0.1, 0.15) is 34.1 Å². The van der Waals surface area contributed by atoms with Gasteiger partial charge in [-0.2, -0.15) is 5.26 Å². The van der Waals surface area contributed by atoms with Crippen molar-refractivity contribution in [2.75, 3.05) is 26.2 Å². The average Bonchev–Trinajstić information content (AvgIpc) is 2.17. The molecule has 0 aliphatic rings. The topological polar surface area (TPSA) is 53.0 Å². The minimum Gasteiger partial charge on any atom is -0.330 e. The lowest BCUT2D eigenvalue weighted by Crippen LogP contribution is -2.40. The van der Waals surface area contributed by atoms with Gasteiger partial charge < -0.3 is 10.6 Å². The lowest BCUT2D eigenvalue weighted by Gasteiger charge is -2.32. The van der Waals surface area contributed by atoms with Gasteiger partial charge in [-0.1, -0.05) is 20.8 Å². The van der Waals surface area contributed by atoms with E-state index in [4.69, 9.17) is 11.0 Å². The Labute approximate surface area is 94.2 Å². The highest BCUT2D eigenvalue weighted by molar-refractivity contribution is 4.83. The average molecular weight is 211 g/mol. The third-order valence-corrected chi connectivity index (χ3v) is 2.50. The van der Waals surface area contributed by atoms with E-state index in [9.17, 15) is 0 Å². The maximum Gasteiger partial charge on any atom is 0.0666 e. The molecule has 0 aromatic heterocycles. The highest BCUT2D eigenvalue weighted by Gasteiger charge is 2.20. The molecule has 3 heteroatoms. The van der Waals surface area contributed by atoms with Crippen molar-refractivity contribution >= 4 is 0 Å². The van der Waals surface area contributed by atoms with E-state index in [1.807, 2.05) is 6.92 Å². The van der Waals surface area contributed by atoms with Crippen molar-refractivity contribution < 1.29 is 0 Å². The quantitative estimate of drug-likeness (QED) is 0.699. The summed E-state index contributed by atoms with van der Waals surface area (Å²) in [5, 5.41) is 8.81. The molecule has 0 aromatic carbocycles. The van der Waals surface area contributed by atoms with Crippen LogP contribution in [0, 0.1) is 22.7 Å². The molecule has 0 spiro atoms. The van der Waals surface area contributed by atoms with Gasteiger partial charge >= 0.3 is 0 Å². The molecule has 0 aliphatic carbocycles. The molecule has 3 nitrogen and oxygen atoms in total. The molecule has 0 aliphatic heterocycles. The Balaban J connectivity index is 4.22. The van der Waals surface area contributed by atoms with Crippen LogP contribution in [-0.4, -0.2) is 31.1 Å². The van der Waals surface area contributed by atoms with Crippen molar-refractivity contribution in [3.8, 4) is 6.07 Å². The Morgan fingerprint density at radius 1 is 1.47 bits per heavy atom. The summed E-state index contributed by atoms with van der Waals surface area (Å²) in [5.74, 6) is 0.102. The van der Waals surface area contributed by atoms with Crippen molar-refractivity contribution in [3.05, 3.63) is 0 Å². The molecule has 0 bridgehead atoms. The molecule has 0 aromatic rings. The molecule has 0 saturated carbocycles. The fourth-order valence-corrected chi connectivity index (χ4v) is 1.65. The Morgan fingerprint density at radius 2 is 2.07 bits per heavy atom. The van der Waals surface area contributed by atoms with Crippen molar-refractivity contribution in [3.63, 3.8) is 0 Å². The Bertz CT molecular complexity index is 205. The molecule has 1 atom stereocenters. The zero-order chi connectivity index (χ0) is 11.9. The van der Waals surface area contributed by atoms with Gasteiger partial charge in [0.05, 0.1) is 12.0 Å². The van der Waals surface area contributed by atoms with Crippen LogP contribution in [0.3, 0.4) is 0 Å². The van der Waals surface area contributed by atoms with Crippen LogP contribution in [-0.2, 0) is 0 Å². The number of hydrogen-bond donors (Lipinski definition) is 1. The van der Waals surface area contributed by atoms with Crippen LogP contribution < -0.4 is 5.73 Å².